The summed E-state index contributed by atoms with van der Waals surface area (Å²) in [7, 11) is 0. The van der Waals surface area contributed by atoms with Crippen LogP contribution in [0.1, 0.15) is 38.1 Å². The molecule has 0 fully saturated rings. The first-order valence-corrected chi connectivity index (χ1v) is 6.74. The summed E-state index contributed by atoms with van der Waals surface area (Å²) in [6.45, 7) is 9.45. The molecule has 0 amide bonds. The molecule has 20 heavy (non-hydrogen) atoms. The van der Waals surface area contributed by atoms with Crippen LogP contribution >= 0.6 is 0 Å². The van der Waals surface area contributed by atoms with Crippen molar-refractivity contribution in [1.29, 1.82) is 0 Å². The van der Waals surface area contributed by atoms with Gasteiger partial charge in [0.2, 0.25) is 0 Å². The van der Waals surface area contributed by atoms with Crippen LogP contribution in [-0.2, 0) is 0 Å². The Labute approximate surface area is 119 Å². The largest absolute Gasteiger partial charge is 0.489 e. The zero-order chi connectivity index (χ0) is 15.3. The van der Waals surface area contributed by atoms with Crippen LogP contribution in [-0.4, -0.2) is 41.2 Å². The second-order valence-electron chi connectivity index (χ2n) is 5.22. The molecule has 0 atom stereocenters. The van der Waals surface area contributed by atoms with Crippen LogP contribution in [0.4, 0.5) is 4.39 Å². The fourth-order valence-corrected chi connectivity index (χ4v) is 2.12. The summed E-state index contributed by atoms with van der Waals surface area (Å²) in [5.74, 6) is -1.71. The normalized spacial score (nSPS) is 11.4. The zero-order valence-corrected chi connectivity index (χ0v) is 12.4. The van der Waals surface area contributed by atoms with Crippen molar-refractivity contribution in [2.75, 3.05) is 13.2 Å². The topological polar surface area (TPSA) is 49.8 Å². The molecule has 4 nitrogen and oxygen atoms in total. The van der Waals surface area contributed by atoms with Gasteiger partial charge in [-0.05, 0) is 45.9 Å². The lowest BCUT2D eigenvalue weighted by molar-refractivity contribution is 0.0696. The summed E-state index contributed by atoms with van der Waals surface area (Å²) in [6, 6.07) is 4.44. The average molecular weight is 283 g/mol. The Hall–Kier alpha value is -1.62. The molecule has 0 aromatic heterocycles. The van der Waals surface area contributed by atoms with Crippen LogP contribution in [0.25, 0.3) is 0 Å². The molecule has 1 aromatic rings. The highest BCUT2D eigenvalue weighted by atomic mass is 19.1. The van der Waals surface area contributed by atoms with Gasteiger partial charge in [-0.15, -0.1) is 0 Å². The van der Waals surface area contributed by atoms with Crippen molar-refractivity contribution in [3.8, 4) is 5.75 Å². The van der Waals surface area contributed by atoms with E-state index in [9.17, 15) is 9.18 Å². The van der Waals surface area contributed by atoms with Crippen molar-refractivity contribution >= 4 is 5.97 Å². The smallest absolute Gasteiger partial charge is 0.335 e. The zero-order valence-electron chi connectivity index (χ0n) is 12.4. The maximum atomic E-state index is 13.7. The van der Waals surface area contributed by atoms with Crippen LogP contribution in [0.3, 0.4) is 0 Å². The Kier molecular flexibility index (Phi) is 5.95. The Morgan fingerprint density at radius 1 is 1.30 bits per heavy atom. The molecule has 0 unspecified atom stereocenters. The second-order valence-corrected chi connectivity index (χ2v) is 5.22. The molecule has 5 heteroatoms. The van der Waals surface area contributed by atoms with Crippen LogP contribution < -0.4 is 4.74 Å². The van der Waals surface area contributed by atoms with E-state index in [0.717, 1.165) is 6.07 Å². The molecule has 0 aliphatic carbocycles. The van der Waals surface area contributed by atoms with Crippen LogP contribution in [0.5, 0.6) is 5.75 Å². The molecule has 0 saturated carbocycles. The molecule has 1 N–H and O–H groups in total. The summed E-state index contributed by atoms with van der Waals surface area (Å²) >= 11 is 0. The number of carboxylic acids is 1. The number of hydrogen-bond donors (Lipinski definition) is 1. The quantitative estimate of drug-likeness (QED) is 0.835. The van der Waals surface area contributed by atoms with Gasteiger partial charge >= 0.3 is 5.97 Å². The van der Waals surface area contributed by atoms with E-state index in [4.69, 9.17) is 9.84 Å². The third-order valence-corrected chi connectivity index (χ3v) is 3.11. The van der Waals surface area contributed by atoms with E-state index in [1.165, 1.54) is 12.1 Å². The lowest BCUT2D eigenvalue weighted by Gasteiger charge is -2.30. The van der Waals surface area contributed by atoms with Crippen molar-refractivity contribution in [2.45, 2.75) is 39.8 Å². The molecule has 1 rings (SSSR count). The Balaban J connectivity index is 2.60. The fourth-order valence-electron chi connectivity index (χ4n) is 2.12. The number of rotatable bonds is 7. The lowest BCUT2D eigenvalue weighted by atomic mass is 10.2. The van der Waals surface area contributed by atoms with Crippen molar-refractivity contribution < 1.29 is 19.0 Å². The van der Waals surface area contributed by atoms with E-state index in [1.54, 1.807) is 0 Å². The molecular weight excluding hydrogens is 261 g/mol. The molecule has 0 aliphatic heterocycles. The van der Waals surface area contributed by atoms with Gasteiger partial charge in [0.25, 0.3) is 0 Å². The lowest BCUT2D eigenvalue weighted by Crippen LogP contribution is -2.39. The molecule has 0 radical (unpaired) electrons. The van der Waals surface area contributed by atoms with E-state index in [1.807, 2.05) is 0 Å². The first-order valence-electron chi connectivity index (χ1n) is 6.74. The van der Waals surface area contributed by atoms with Gasteiger partial charge in [-0.1, -0.05) is 0 Å². The average Bonchev–Trinajstić information content (AvgIpc) is 2.34. The van der Waals surface area contributed by atoms with Gasteiger partial charge in [-0.3, -0.25) is 4.90 Å². The predicted octanol–water partition coefficient (Wildman–Crippen LogP) is 3.02. The maximum absolute atomic E-state index is 13.7. The number of hydrogen-bond acceptors (Lipinski definition) is 3. The van der Waals surface area contributed by atoms with Gasteiger partial charge in [-0.25, -0.2) is 9.18 Å². The molecule has 112 valence electrons. The number of ether oxygens (including phenoxy) is 1. The summed E-state index contributed by atoms with van der Waals surface area (Å²) < 4.78 is 19.0. The van der Waals surface area contributed by atoms with Crippen molar-refractivity contribution in [3.63, 3.8) is 0 Å². The Morgan fingerprint density at radius 2 is 1.90 bits per heavy atom. The third kappa shape index (κ3) is 4.49. The van der Waals surface area contributed by atoms with E-state index in [0.29, 0.717) is 25.2 Å². The van der Waals surface area contributed by atoms with Crippen LogP contribution in [0.15, 0.2) is 18.2 Å². The fraction of sp³-hybridized carbons (Fsp3) is 0.533. The predicted molar refractivity (Wildman–Crippen MR) is 75.8 cm³/mol. The van der Waals surface area contributed by atoms with Gasteiger partial charge in [0.05, 0.1) is 5.56 Å². The first kappa shape index (κ1) is 16.4. The van der Waals surface area contributed by atoms with E-state index in [2.05, 4.69) is 32.6 Å². The minimum atomic E-state index is -1.15. The highest BCUT2D eigenvalue weighted by Crippen LogP contribution is 2.18. The SMILES string of the molecule is CC(C)N(CCOc1ccc(C(=O)O)cc1F)C(C)C. The summed E-state index contributed by atoms with van der Waals surface area (Å²) in [5.41, 5.74) is -0.0826. The van der Waals surface area contributed by atoms with E-state index in [-0.39, 0.29) is 11.3 Å². The molecular formula is C15H22FNO3. The van der Waals surface area contributed by atoms with E-state index >= 15 is 0 Å². The summed E-state index contributed by atoms with van der Waals surface area (Å²) in [6.07, 6.45) is 0. The van der Waals surface area contributed by atoms with Crippen molar-refractivity contribution in [2.24, 2.45) is 0 Å². The summed E-state index contributed by atoms with van der Waals surface area (Å²) in [4.78, 5) is 12.9. The maximum Gasteiger partial charge on any atom is 0.335 e. The van der Waals surface area contributed by atoms with Gasteiger partial charge < -0.3 is 9.84 Å². The second kappa shape index (κ2) is 7.24. The molecule has 0 aliphatic rings. The monoisotopic (exact) mass is 283 g/mol. The number of carbonyl (C=O) groups is 1. The molecule has 0 saturated heterocycles. The number of aromatic carboxylic acids is 1. The number of halogens is 1. The number of benzene rings is 1. The van der Waals surface area contributed by atoms with Gasteiger partial charge in [-0.2, -0.15) is 0 Å². The number of carboxylic acid groups (broad SMARTS) is 1. The van der Waals surface area contributed by atoms with Crippen LogP contribution in [0, 0.1) is 5.82 Å². The number of nitrogens with zero attached hydrogens (tertiary/aromatic N) is 1. The van der Waals surface area contributed by atoms with Gasteiger partial charge in [0.1, 0.15) is 6.61 Å². The third-order valence-electron chi connectivity index (χ3n) is 3.11. The molecule has 0 bridgehead atoms. The van der Waals surface area contributed by atoms with Crippen molar-refractivity contribution in [1.82, 2.24) is 4.90 Å². The highest BCUT2D eigenvalue weighted by Gasteiger charge is 2.14. The first-order chi connectivity index (χ1) is 9.32. The Morgan fingerprint density at radius 3 is 2.35 bits per heavy atom. The highest BCUT2D eigenvalue weighted by molar-refractivity contribution is 5.87. The van der Waals surface area contributed by atoms with Crippen LogP contribution in [0.2, 0.25) is 0 Å². The minimum Gasteiger partial charge on any atom is -0.489 e. The standard InChI is InChI=1S/C15H22FNO3/c1-10(2)17(11(3)4)7-8-20-14-6-5-12(15(18)19)9-13(14)16/h5-6,9-11H,7-8H2,1-4H3,(H,18,19). The minimum absolute atomic E-state index is 0.0826. The molecule has 0 heterocycles. The molecule has 1 aromatic carbocycles. The van der Waals surface area contributed by atoms with Gasteiger partial charge in [0, 0.05) is 18.6 Å². The van der Waals surface area contributed by atoms with E-state index < -0.39 is 11.8 Å². The van der Waals surface area contributed by atoms with Gasteiger partial charge in [0.15, 0.2) is 11.6 Å². The molecule has 0 spiro atoms. The Bertz CT molecular complexity index is 452. The van der Waals surface area contributed by atoms with Crippen molar-refractivity contribution in [3.05, 3.63) is 29.6 Å². The summed E-state index contributed by atoms with van der Waals surface area (Å²) in [5, 5.41) is 8.76.